The second-order valence-corrected chi connectivity index (χ2v) is 4.86. The molecule has 0 unspecified atom stereocenters. The third-order valence-electron chi connectivity index (χ3n) is 3.60. The zero-order valence-corrected chi connectivity index (χ0v) is 12.9. The van der Waals surface area contributed by atoms with Gasteiger partial charge in [-0.1, -0.05) is 0 Å². The maximum Gasteiger partial charge on any atom is 0.171 e. The van der Waals surface area contributed by atoms with Gasteiger partial charge in [-0.15, -0.1) is 0 Å². The van der Waals surface area contributed by atoms with Crippen molar-refractivity contribution in [1.29, 1.82) is 0 Å². The first kappa shape index (κ1) is 14.9. The van der Waals surface area contributed by atoms with Crippen molar-refractivity contribution in [3.8, 4) is 40.1 Å². The molecular formula is C17H16O6. The molecule has 0 aliphatic rings. The van der Waals surface area contributed by atoms with Gasteiger partial charge in [0.2, 0.25) is 0 Å². The van der Waals surface area contributed by atoms with Gasteiger partial charge < -0.3 is 28.8 Å². The van der Waals surface area contributed by atoms with E-state index in [1.165, 1.54) is 33.5 Å². The quantitative estimate of drug-likeness (QED) is 0.766. The van der Waals surface area contributed by atoms with Crippen molar-refractivity contribution in [2.75, 3.05) is 21.3 Å². The van der Waals surface area contributed by atoms with Crippen molar-refractivity contribution in [2.24, 2.45) is 0 Å². The Morgan fingerprint density at radius 2 is 1.57 bits per heavy atom. The number of phenols is 2. The number of hydrogen-bond acceptors (Lipinski definition) is 6. The van der Waals surface area contributed by atoms with Crippen LogP contribution >= 0.6 is 0 Å². The Hall–Kier alpha value is -3.02. The number of aromatic hydroxyl groups is 2. The summed E-state index contributed by atoms with van der Waals surface area (Å²) in [6.45, 7) is 0. The van der Waals surface area contributed by atoms with Gasteiger partial charge in [0.05, 0.1) is 32.3 Å². The molecule has 2 N–H and O–H groups in total. The lowest BCUT2D eigenvalue weighted by molar-refractivity contribution is 0.364. The van der Waals surface area contributed by atoms with Gasteiger partial charge >= 0.3 is 0 Å². The minimum Gasteiger partial charge on any atom is -0.504 e. The van der Waals surface area contributed by atoms with Crippen LogP contribution in [0.2, 0.25) is 0 Å². The van der Waals surface area contributed by atoms with E-state index in [1.54, 1.807) is 18.2 Å². The highest BCUT2D eigenvalue weighted by molar-refractivity contribution is 5.91. The van der Waals surface area contributed by atoms with E-state index >= 15 is 0 Å². The summed E-state index contributed by atoms with van der Waals surface area (Å²) in [6.07, 6.45) is 0. The summed E-state index contributed by atoms with van der Waals surface area (Å²) in [5, 5.41) is 20.5. The molecule has 2 aromatic carbocycles. The second kappa shape index (κ2) is 5.64. The predicted octanol–water partition coefficient (Wildman–Crippen LogP) is 3.54. The number of rotatable bonds is 4. The monoisotopic (exact) mass is 316 g/mol. The third kappa shape index (κ3) is 2.38. The molecular weight excluding hydrogens is 300 g/mol. The molecule has 23 heavy (non-hydrogen) atoms. The summed E-state index contributed by atoms with van der Waals surface area (Å²) in [7, 11) is 4.45. The van der Waals surface area contributed by atoms with Gasteiger partial charge in [-0.2, -0.15) is 0 Å². The molecule has 0 spiro atoms. The third-order valence-corrected chi connectivity index (χ3v) is 3.60. The van der Waals surface area contributed by atoms with E-state index in [4.69, 9.17) is 18.6 Å². The van der Waals surface area contributed by atoms with Crippen LogP contribution < -0.4 is 14.2 Å². The molecule has 3 aromatic rings. The van der Waals surface area contributed by atoms with Gasteiger partial charge in [0.25, 0.3) is 0 Å². The van der Waals surface area contributed by atoms with Crippen LogP contribution in [0.5, 0.6) is 28.7 Å². The standard InChI is InChI=1S/C17H16O6/c1-20-14-8-16(21-2)12(19)6-9(14)15-7-10-13(23-15)5-4-11(18)17(10)22-3/h4-8,18-19H,1-3H3. The van der Waals surface area contributed by atoms with E-state index in [0.29, 0.717) is 39.5 Å². The average Bonchev–Trinajstić information content (AvgIpc) is 2.98. The number of benzene rings is 2. The van der Waals surface area contributed by atoms with Crippen molar-refractivity contribution in [3.63, 3.8) is 0 Å². The lowest BCUT2D eigenvalue weighted by atomic mass is 10.1. The molecule has 0 aliphatic carbocycles. The van der Waals surface area contributed by atoms with Gasteiger partial charge in [0, 0.05) is 6.07 Å². The van der Waals surface area contributed by atoms with E-state index in [0.717, 1.165) is 0 Å². The summed E-state index contributed by atoms with van der Waals surface area (Å²) < 4.78 is 21.4. The maximum atomic E-state index is 10.0. The van der Waals surface area contributed by atoms with Crippen molar-refractivity contribution in [2.45, 2.75) is 0 Å². The van der Waals surface area contributed by atoms with Gasteiger partial charge in [0.15, 0.2) is 23.0 Å². The van der Waals surface area contributed by atoms with E-state index < -0.39 is 0 Å². The summed E-state index contributed by atoms with van der Waals surface area (Å²) in [5.41, 5.74) is 1.11. The minimum atomic E-state index is -0.0291. The molecule has 1 aromatic heterocycles. The van der Waals surface area contributed by atoms with Crippen LogP contribution in [-0.2, 0) is 0 Å². The Labute approximate surface area is 132 Å². The predicted molar refractivity (Wildman–Crippen MR) is 84.6 cm³/mol. The van der Waals surface area contributed by atoms with Crippen molar-refractivity contribution in [3.05, 3.63) is 30.3 Å². The van der Waals surface area contributed by atoms with E-state index in [2.05, 4.69) is 0 Å². The van der Waals surface area contributed by atoms with Gasteiger partial charge in [-0.3, -0.25) is 0 Å². The topological polar surface area (TPSA) is 81.3 Å². The highest BCUT2D eigenvalue weighted by Gasteiger charge is 2.18. The molecule has 6 heteroatoms. The molecule has 0 amide bonds. The van der Waals surface area contributed by atoms with Crippen LogP contribution in [0.25, 0.3) is 22.3 Å². The number of hydrogen-bond donors (Lipinski definition) is 2. The fourth-order valence-electron chi connectivity index (χ4n) is 2.50. The SMILES string of the molecule is COc1cc(OC)c(-c2cc3c(OC)c(O)ccc3o2)cc1O. The Morgan fingerprint density at radius 1 is 0.826 bits per heavy atom. The smallest absolute Gasteiger partial charge is 0.171 e. The Kier molecular flexibility index (Phi) is 3.65. The highest BCUT2D eigenvalue weighted by atomic mass is 16.5. The minimum absolute atomic E-state index is 0.0249. The average molecular weight is 316 g/mol. The number of fused-ring (bicyclic) bond motifs is 1. The van der Waals surface area contributed by atoms with Gasteiger partial charge in [-0.25, -0.2) is 0 Å². The highest BCUT2D eigenvalue weighted by Crippen LogP contribution is 2.43. The Morgan fingerprint density at radius 3 is 2.22 bits per heavy atom. The molecule has 1 heterocycles. The summed E-state index contributed by atoms with van der Waals surface area (Å²) >= 11 is 0. The fraction of sp³-hybridized carbons (Fsp3) is 0.176. The van der Waals surface area contributed by atoms with Crippen molar-refractivity contribution < 1.29 is 28.8 Å². The molecule has 0 saturated heterocycles. The van der Waals surface area contributed by atoms with Crippen LogP contribution in [0.1, 0.15) is 0 Å². The first-order valence-electron chi connectivity index (χ1n) is 6.84. The second-order valence-electron chi connectivity index (χ2n) is 4.86. The maximum absolute atomic E-state index is 10.0. The van der Waals surface area contributed by atoms with Crippen LogP contribution in [0, 0.1) is 0 Å². The van der Waals surface area contributed by atoms with Crippen molar-refractivity contribution in [1.82, 2.24) is 0 Å². The largest absolute Gasteiger partial charge is 0.504 e. The first-order valence-corrected chi connectivity index (χ1v) is 6.84. The van der Waals surface area contributed by atoms with Gasteiger partial charge in [0.1, 0.15) is 17.1 Å². The van der Waals surface area contributed by atoms with Crippen LogP contribution in [0.4, 0.5) is 0 Å². The van der Waals surface area contributed by atoms with Crippen LogP contribution in [-0.4, -0.2) is 31.5 Å². The zero-order chi connectivity index (χ0) is 16.6. The van der Waals surface area contributed by atoms with Crippen LogP contribution in [0.15, 0.2) is 34.7 Å². The lowest BCUT2D eigenvalue weighted by Crippen LogP contribution is -1.90. The molecule has 3 rings (SSSR count). The fourth-order valence-corrected chi connectivity index (χ4v) is 2.50. The summed E-state index contributed by atoms with van der Waals surface area (Å²) in [6, 6.07) is 7.94. The van der Waals surface area contributed by atoms with E-state index in [1.807, 2.05) is 0 Å². The molecule has 6 nitrogen and oxygen atoms in total. The lowest BCUT2D eigenvalue weighted by Gasteiger charge is -2.10. The molecule has 0 aliphatic heterocycles. The summed E-state index contributed by atoms with van der Waals surface area (Å²) in [4.78, 5) is 0. The molecule has 0 bridgehead atoms. The number of ether oxygens (including phenoxy) is 3. The molecule has 120 valence electrons. The summed E-state index contributed by atoms with van der Waals surface area (Å²) in [5.74, 6) is 1.59. The molecule has 0 saturated carbocycles. The molecule has 0 atom stereocenters. The van der Waals surface area contributed by atoms with Gasteiger partial charge in [-0.05, 0) is 24.3 Å². The molecule has 0 radical (unpaired) electrons. The molecule has 0 fully saturated rings. The number of furan rings is 1. The first-order chi connectivity index (χ1) is 11.1. The normalized spacial score (nSPS) is 10.7. The number of methoxy groups -OCH3 is 3. The van der Waals surface area contributed by atoms with Crippen LogP contribution in [0.3, 0.4) is 0 Å². The van der Waals surface area contributed by atoms with E-state index in [9.17, 15) is 10.2 Å². The Bertz CT molecular complexity index is 865. The Balaban J connectivity index is 2.23. The zero-order valence-electron chi connectivity index (χ0n) is 12.9. The number of phenolic OH excluding ortho intramolecular Hbond substituents is 2. The van der Waals surface area contributed by atoms with Crippen molar-refractivity contribution >= 4 is 11.0 Å². The van der Waals surface area contributed by atoms with E-state index in [-0.39, 0.29) is 11.5 Å².